The van der Waals surface area contributed by atoms with E-state index in [1.807, 2.05) is 16.7 Å². The highest BCUT2D eigenvalue weighted by molar-refractivity contribution is 7.99. The lowest BCUT2D eigenvalue weighted by Crippen LogP contribution is -2.16. The molecular formula is C17H16Cl2N6OS. The number of carbonyl (C=O) groups is 1. The van der Waals surface area contributed by atoms with Crippen molar-refractivity contribution < 1.29 is 4.79 Å². The predicted octanol–water partition coefficient (Wildman–Crippen LogP) is 4.18. The van der Waals surface area contributed by atoms with E-state index in [2.05, 4.69) is 32.4 Å². The van der Waals surface area contributed by atoms with Crippen molar-refractivity contribution in [2.75, 3.05) is 11.1 Å². The number of carbonyl (C=O) groups excluding carboxylic acids is 1. The number of aromatic nitrogens is 5. The van der Waals surface area contributed by atoms with Gasteiger partial charge in [0.15, 0.2) is 16.8 Å². The number of nitrogens with zero attached hydrogens (tertiary/aromatic N) is 5. The first-order valence-corrected chi connectivity index (χ1v) is 9.90. The topological polar surface area (TPSA) is 85.6 Å². The van der Waals surface area contributed by atoms with Crippen molar-refractivity contribution >= 4 is 46.7 Å². The van der Waals surface area contributed by atoms with Crippen LogP contribution in [0.25, 0.3) is 11.4 Å². The number of hydrogen-bond donors (Lipinski definition) is 1. The van der Waals surface area contributed by atoms with Gasteiger partial charge >= 0.3 is 0 Å². The highest BCUT2D eigenvalue weighted by Crippen LogP contribution is 2.25. The van der Waals surface area contributed by atoms with Gasteiger partial charge in [0.25, 0.3) is 0 Å². The molecule has 1 N–H and O–H groups in total. The summed E-state index contributed by atoms with van der Waals surface area (Å²) in [7, 11) is 0. The lowest BCUT2D eigenvalue weighted by Gasteiger charge is -2.09. The van der Waals surface area contributed by atoms with Gasteiger partial charge in [-0.2, -0.15) is 0 Å². The first-order valence-electron chi connectivity index (χ1n) is 8.15. The second kappa shape index (κ2) is 9.16. The Kier molecular flexibility index (Phi) is 6.65. The maximum Gasteiger partial charge on any atom is 0.236 e. The van der Waals surface area contributed by atoms with E-state index in [-0.39, 0.29) is 22.5 Å². The summed E-state index contributed by atoms with van der Waals surface area (Å²) >= 11 is 13.1. The van der Waals surface area contributed by atoms with Crippen LogP contribution in [0.5, 0.6) is 0 Å². The van der Waals surface area contributed by atoms with Gasteiger partial charge in [0.1, 0.15) is 0 Å². The molecule has 0 unspecified atom stereocenters. The summed E-state index contributed by atoms with van der Waals surface area (Å²) in [5.74, 6) is 0.940. The normalized spacial score (nSPS) is 10.8. The average Bonchev–Trinajstić information content (AvgIpc) is 3.06. The fourth-order valence-corrected chi connectivity index (χ4v) is 3.53. The maximum absolute atomic E-state index is 12.2. The molecular weight excluding hydrogens is 407 g/mol. The van der Waals surface area contributed by atoms with Crippen LogP contribution >= 0.6 is 35.0 Å². The average molecular weight is 423 g/mol. The third-order valence-corrected chi connectivity index (χ3v) is 4.96. The third-order valence-electron chi connectivity index (χ3n) is 3.50. The van der Waals surface area contributed by atoms with Crippen LogP contribution in [-0.2, 0) is 11.3 Å². The summed E-state index contributed by atoms with van der Waals surface area (Å²) in [6, 6.07) is 5.29. The number of amides is 1. The Morgan fingerprint density at radius 2 is 2.04 bits per heavy atom. The minimum Gasteiger partial charge on any atom is -0.309 e. The van der Waals surface area contributed by atoms with E-state index in [9.17, 15) is 4.79 Å². The molecule has 3 aromatic rings. The van der Waals surface area contributed by atoms with Crippen molar-refractivity contribution in [1.29, 1.82) is 0 Å². The van der Waals surface area contributed by atoms with Crippen molar-refractivity contribution in [3.8, 4) is 11.4 Å². The van der Waals surface area contributed by atoms with E-state index < -0.39 is 0 Å². The Balaban J connectivity index is 1.70. The van der Waals surface area contributed by atoms with E-state index in [0.29, 0.717) is 10.2 Å². The van der Waals surface area contributed by atoms with E-state index >= 15 is 0 Å². The van der Waals surface area contributed by atoms with Crippen molar-refractivity contribution in [2.24, 2.45) is 0 Å². The first-order chi connectivity index (χ1) is 13.1. The fraction of sp³-hybridized carbons (Fsp3) is 0.235. The van der Waals surface area contributed by atoms with E-state index in [1.165, 1.54) is 24.0 Å². The summed E-state index contributed by atoms with van der Waals surface area (Å²) in [6.07, 6.45) is 5.77. The van der Waals surface area contributed by atoms with E-state index in [4.69, 9.17) is 23.2 Å². The van der Waals surface area contributed by atoms with Crippen molar-refractivity contribution in [2.45, 2.75) is 25.0 Å². The second-order valence-electron chi connectivity index (χ2n) is 5.51. The summed E-state index contributed by atoms with van der Waals surface area (Å²) in [5.41, 5.74) is 0.930. The first kappa shape index (κ1) is 19.6. The Morgan fingerprint density at radius 3 is 2.74 bits per heavy atom. The van der Waals surface area contributed by atoms with Crippen LogP contribution in [0.1, 0.15) is 13.3 Å². The summed E-state index contributed by atoms with van der Waals surface area (Å²) in [5, 5.41) is 12.5. The summed E-state index contributed by atoms with van der Waals surface area (Å²) in [6.45, 7) is 2.82. The molecule has 0 atom stereocenters. The molecule has 27 heavy (non-hydrogen) atoms. The molecule has 1 amide bonds. The molecule has 0 saturated heterocycles. The molecule has 3 aromatic heterocycles. The molecule has 0 aliphatic carbocycles. The Bertz CT molecular complexity index is 934. The maximum atomic E-state index is 12.2. The van der Waals surface area contributed by atoms with Gasteiger partial charge in [0.05, 0.1) is 15.8 Å². The molecule has 0 aromatic carbocycles. The zero-order valence-corrected chi connectivity index (χ0v) is 16.7. The van der Waals surface area contributed by atoms with Crippen molar-refractivity contribution in [1.82, 2.24) is 24.7 Å². The van der Waals surface area contributed by atoms with Gasteiger partial charge in [0, 0.05) is 30.7 Å². The van der Waals surface area contributed by atoms with Gasteiger partial charge in [-0.25, -0.2) is 4.98 Å². The number of hydrogen-bond acceptors (Lipinski definition) is 6. The molecule has 0 saturated carbocycles. The lowest BCUT2D eigenvalue weighted by molar-refractivity contribution is -0.113. The predicted molar refractivity (Wildman–Crippen MR) is 107 cm³/mol. The number of anilines is 1. The quantitative estimate of drug-likeness (QED) is 0.574. The molecule has 3 heterocycles. The number of nitrogens with one attached hydrogen (secondary N) is 1. The number of pyridine rings is 2. The highest BCUT2D eigenvalue weighted by atomic mass is 35.5. The SMILES string of the molecule is CCCn1c(SCC(=O)Nc2ncc(Cl)cc2Cl)nnc1-c1ccncc1. The fourth-order valence-electron chi connectivity index (χ4n) is 2.34. The minimum atomic E-state index is -0.242. The molecule has 0 aliphatic heterocycles. The number of rotatable bonds is 7. The molecule has 0 radical (unpaired) electrons. The van der Waals surface area contributed by atoms with Gasteiger partial charge in [-0.05, 0) is 24.6 Å². The van der Waals surface area contributed by atoms with Crippen LogP contribution in [0.3, 0.4) is 0 Å². The van der Waals surface area contributed by atoms with E-state index in [1.54, 1.807) is 12.4 Å². The Hall–Kier alpha value is -2.16. The van der Waals surface area contributed by atoms with Crippen LogP contribution in [0.15, 0.2) is 41.9 Å². The zero-order chi connectivity index (χ0) is 19.2. The molecule has 3 rings (SSSR count). The number of thioether (sulfide) groups is 1. The molecule has 10 heteroatoms. The largest absolute Gasteiger partial charge is 0.309 e. The highest BCUT2D eigenvalue weighted by Gasteiger charge is 2.16. The molecule has 0 aliphatic rings. The smallest absolute Gasteiger partial charge is 0.236 e. The molecule has 7 nitrogen and oxygen atoms in total. The summed E-state index contributed by atoms with van der Waals surface area (Å²) < 4.78 is 2.00. The molecule has 0 fully saturated rings. The third kappa shape index (κ3) is 4.97. The van der Waals surface area contributed by atoms with Gasteiger partial charge in [-0.15, -0.1) is 10.2 Å². The van der Waals surface area contributed by atoms with Crippen LogP contribution in [0, 0.1) is 0 Å². The Morgan fingerprint density at radius 1 is 1.26 bits per heavy atom. The molecule has 0 bridgehead atoms. The Labute approximate surface area is 170 Å². The minimum absolute atomic E-state index is 0.152. The van der Waals surface area contributed by atoms with Crippen LogP contribution in [0.4, 0.5) is 5.82 Å². The van der Waals surface area contributed by atoms with Gasteiger partial charge in [-0.1, -0.05) is 41.9 Å². The van der Waals surface area contributed by atoms with Crippen LogP contribution < -0.4 is 5.32 Å². The van der Waals surface area contributed by atoms with Crippen LogP contribution in [0.2, 0.25) is 10.0 Å². The monoisotopic (exact) mass is 422 g/mol. The molecule has 0 spiro atoms. The molecule has 140 valence electrons. The standard InChI is InChI=1S/C17H16Cl2N6OS/c1-2-7-25-16(11-3-5-20-6-4-11)23-24-17(25)27-10-14(26)22-15-13(19)8-12(18)9-21-15/h3-6,8-9H,2,7,10H2,1H3,(H,21,22,26). The zero-order valence-electron chi connectivity index (χ0n) is 14.4. The van der Waals surface area contributed by atoms with Crippen LogP contribution in [-0.4, -0.2) is 36.4 Å². The lowest BCUT2D eigenvalue weighted by atomic mass is 10.2. The number of halogens is 2. The van der Waals surface area contributed by atoms with E-state index in [0.717, 1.165) is 24.4 Å². The van der Waals surface area contributed by atoms with Gasteiger partial charge in [0.2, 0.25) is 5.91 Å². The summed E-state index contributed by atoms with van der Waals surface area (Å²) in [4.78, 5) is 20.3. The second-order valence-corrected chi connectivity index (χ2v) is 7.30. The van der Waals surface area contributed by atoms with Gasteiger partial charge < -0.3 is 9.88 Å². The van der Waals surface area contributed by atoms with Gasteiger partial charge in [-0.3, -0.25) is 9.78 Å². The van der Waals surface area contributed by atoms with Crippen molar-refractivity contribution in [3.05, 3.63) is 46.8 Å². The van der Waals surface area contributed by atoms with Crippen molar-refractivity contribution in [3.63, 3.8) is 0 Å².